The van der Waals surface area contributed by atoms with Crippen LogP contribution in [-0.4, -0.2) is 9.97 Å². The lowest BCUT2D eigenvalue weighted by molar-refractivity contribution is 0.509. The van der Waals surface area contributed by atoms with Crippen LogP contribution >= 0.6 is 11.3 Å². The molecular formula is C11H13N3S. The topological polar surface area (TPSA) is 51.8 Å². The van der Waals surface area contributed by atoms with Crippen LogP contribution in [0.25, 0.3) is 10.2 Å². The molecule has 15 heavy (non-hydrogen) atoms. The summed E-state index contributed by atoms with van der Waals surface area (Å²) in [6, 6.07) is 0. The molecule has 1 atom stereocenters. The zero-order valence-corrected chi connectivity index (χ0v) is 9.47. The molecule has 4 heteroatoms. The number of anilines is 1. The first kappa shape index (κ1) is 9.09. The summed E-state index contributed by atoms with van der Waals surface area (Å²) in [5.74, 6) is 1.44. The minimum Gasteiger partial charge on any atom is -0.383 e. The highest BCUT2D eigenvalue weighted by molar-refractivity contribution is 7.18. The van der Waals surface area contributed by atoms with Gasteiger partial charge < -0.3 is 5.73 Å². The van der Waals surface area contributed by atoms with E-state index in [0.29, 0.717) is 5.82 Å². The second-order valence-electron chi connectivity index (χ2n) is 4.29. The van der Waals surface area contributed by atoms with Crippen LogP contribution in [0.2, 0.25) is 0 Å². The molecule has 0 saturated carbocycles. The normalized spacial score (nSPS) is 20.5. The first-order chi connectivity index (χ1) is 7.25. The molecule has 0 aromatic carbocycles. The summed E-state index contributed by atoms with van der Waals surface area (Å²) in [4.78, 5) is 10.9. The van der Waals surface area contributed by atoms with Gasteiger partial charge in [0.25, 0.3) is 0 Å². The number of rotatable bonds is 0. The van der Waals surface area contributed by atoms with E-state index in [1.165, 1.54) is 23.3 Å². The molecule has 0 fully saturated rings. The van der Waals surface area contributed by atoms with Crippen molar-refractivity contribution in [1.82, 2.24) is 9.97 Å². The van der Waals surface area contributed by atoms with Gasteiger partial charge in [0.1, 0.15) is 17.0 Å². The highest BCUT2D eigenvalue weighted by Crippen LogP contribution is 2.38. The van der Waals surface area contributed by atoms with Crippen molar-refractivity contribution in [3.05, 3.63) is 16.8 Å². The molecule has 3 nitrogen and oxygen atoms in total. The van der Waals surface area contributed by atoms with Crippen molar-refractivity contribution in [2.45, 2.75) is 26.2 Å². The molecule has 0 unspecified atom stereocenters. The van der Waals surface area contributed by atoms with Gasteiger partial charge in [0, 0.05) is 4.88 Å². The summed E-state index contributed by atoms with van der Waals surface area (Å²) in [6.07, 6.45) is 5.13. The van der Waals surface area contributed by atoms with E-state index in [2.05, 4.69) is 16.9 Å². The summed E-state index contributed by atoms with van der Waals surface area (Å²) >= 11 is 1.79. The van der Waals surface area contributed by atoms with Crippen molar-refractivity contribution in [2.24, 2.45) is 5.92 Å². The van der Waals surface area contributed by atoms with Crippen molar-refractivity contribution in [1.29, 1.82) is 0 Å². The fourth-order valence-electron chi connectivity index (χ4n) is 2.30. The van der Waals surface area contributed by atoms with Gasteiger partial charge in [-0.05, 0) is 30.7 Å². The van der Waals surface area contributed by atoms with E-state index in [4.69, 9.17) is 5.73 Å². The van der Waals surface area contributed by atoms with Crippen molar-refractivity contribution in [3.8, 4) is 0 Å². The minimum atomic E-state index is 0.645. The quantitative estimate of drug-likeness (QED) is 0.740. The van der Waals surface area contributed by atoms with E-state index in [0.717, 1.165) is 22.6 Å². The molecule has 0 radical (unpaired) electrons. The number of hydrogen-bond acceptors (Lipinski definition) is 4. The molecule has 2 aromatic heterocycles. The molecule has 0 bridgehead atoms. The van der Waals surface area contributed by atoms with Gasteiger partial charge in [-0.25, -0.2) is 9.97 Å². The van der Waals surface area contributed by atoms with Crippen molar-refractivity contribution in [3.63, 3.8) is 0 Å². The van der Waals surface area contributed by atoms with Crippen LogP contribution in [0.5, 0.6) is 0 Å². The number of thiophene rings is 1. The standard InChI is InChI=1S/C11H13N3S/c1-6-2-3-7-8(4-6)15-11-9(7)10(12)13-5-14-11/h5-6H,2-4H2,1H3,(H2,12,13,14)/t6-/m1/s1. The summed E-state index contributed by atoms with van der Waals surface area (Å²) in [5, 5.41) is 1.12. The molecule has 1 aliphatic carbocycles. The second-order valence-corrected chi connectivity index (χ2v) is 5.37. The maximum atomic E-state index is 5.91. The Bertz CT molecular complexity index is 518. The van der Waals surface area contributed by atoms with Crippen LogP contribution in [0.3, 0.4) is 0 Å². The second kappa shape index (κ2) is 3.17. The highest BCUT2D eigenvalue weighted by Gasteiger charge is 2.22. The lowest BCUT2D eigenvalue weighted by Crippen LogP contribution is -2.08. The zero-order valence-electron chi connectivity index (χ0n) is 8.66. The van der Waals surface area contributed by atoms with Crippen LogP contribution in [-0.2, 0) is 12.8 Å². The number of aryl methyl sites for hydroxylation is 1. The van der Waals surface area contributed by atoms with Crippen molar-refractivity contribution < 1.29 is 0 Å². The van der Waals surface area contributed by atoms with Gasteiger partial charge in [0.15, 0.2) is 0 Å². The van der Waals surface area contributed by atoms with E-state index in [9.17, 15) is 0 Å². The third kappa shape index (κ3) is 1.32. The molecule has 0 amide bonds. The molecule has 2 aromatic rings. The summed E-state index contributed by atoms with van der Waals surface area (Å²) in [6.45, 7) is 2.31. The van der Waals surface area contributed by atoms with E-state index in [1.807, 2.05) is 0 Å². The fourth-order valence-corrected chi connectivity index (χ4v) is 3.66. The number of nitrogens with two attached hydrogens (primary N) is 1. The SMILES string of the molecule is C[C@@H]1CCc2c(sc3ncnc(N)c23)C1. The van der Waals surface area contributed by atoms with Crippen LogP contribution in [0.1, 0.15) is 23.8 Å². The Morgan fingerprint density at radius 3 is 3.20 bits per heavy atom. The van der Waals surface area contributed by atoms with E-state index in [-0.39, 0.29) is 0 Å². The molecule has 0 aliphatic heterocycles. The molecule has 0 spiro atoms. The number of nitrogens with zero attached hydrogens (tertiary/aromatic N) is 2. The number of hydrogen-bond donors (Lipinski definition) is 1. The van der Waals surface area contributed by atoms with Crippen molar-refractivity contribution in [2.75, 3.05) is 5.73 Å². The Labute approximate surface area is 92.4 Å². The van der Waals surface area contributed by atoms with Crippen molar-refractivity contribution >= 4 is 27.4 Å². The van der Waals surface area contributed by atoms with Gasteiger partial charge in [-0.1, -0.05) is 6.92 Å². The Balaban J connectivity index is 2.29. The van der Waals surface area contributed by atoms with Gasteiger partial charge in [0.05, 0.1) is 5.39 Å². The average molecular weight is 219 g/mol. The van der Waals surface area contributed by atoms with E-state index in [1.54, 1.807) is 17.7 Å². The van der Waals surface area contributed by atoms with Gasteiger partial charge >= 0.3 is 0 Å². The van der Waals surface area contributed by atoms with Gasteiger partial charge in [-0.15, -0.1) is 11.3 Å². The predicted molar refractivity (Wildman–Crippen MR) is 63.0 cm³/mol. The number of nitrogen functional groups attached to an aromatic ring is 1. The van der Waals surface area contributed by atoms with E-state index < -0.39 is 0 Å². The predicted octanol–water partition coefficient (Wildman–Crippen LogP) is 2.40. The van der Waals surface area contributed by atoms with E-state index >= 15 is 0 Å². The number of fused-ring (bicyclic) bond motifs is 3. The van der Waals surface area contributed by atoms with Gasteiger partial charge in [-0.2, -0.15) is 0 Å². The molecule has 78 valence electrons. The third-order valence-corrected chi connectivity index (χ3v) is 4.28. The first-order valence-corrected chi connectivity index (χ1v) is 6.08. The summed E-state index contributed by atoms with van der Waals surface area (Å²) in [5.41, 5.74) is 7.32. The maximum Gasteiger partial charge on any atom is 0.135 e. The molecule has 0 saturated heterocycles. The molecule has 1 aliphatic rings. The first-order valence-electron chi connectivity index (χ1n) is 5.26. The number of aromatic nitrogens is 2. The Morgan fingerprint density at radius 1 is 1.47 bits per heavy atom. The van der Waals surface area contributed by atoms with Crippen LogP contribution in [0.4, 0.5) is 5.82 Å². The van der Waals surface area contributed by atoms with Gasteiger partial charge in [0.2, 0.25) is 0 Å². The lowest BCUT2D eigenvalue weighted by atomic mass is 9.89. The zero-order chi connectivity index (χ0) is 10.4. The maximum absolute atomic E-state index is 5.91. The monoisotopic (exact) mass is 219 g/mol. The lowest BCUT2D eigenvalue weighted by Gasteiger charge is -2.17. The largest absolute Gasteiger partial charge is 0.383 e. The molecule has 3 rings (SSSR count). The average Bonchev–Trinajstić information content (AvgIpc) is 2.56. The van der Waals surface area contributed by atoms with Crippen LogP contribution in [0, 0.1) is 5.92 Å². The summed E-state index contributed by atoms with van der Waals surface area (Å²) in [7, 11) is 0. The summed E-state index contributed by atoms with van der Waals surface area (Å²) < 4.78 is 0. The van der Waals surface area contributed by atoms with Gasteiger partial charge in [-0.3, -0.25) is 0 Å². The molecule has 2 N–H and O–H groups in total. The van der Waals surface area contributed by atoms with Crippen LogP contribution < -0.4 is 5.73 Å². The highest BCUT2D eigenvalue weighted by atomic mass is 32.1. The smallest absolute Gasteiger partial charge is 0.135 e. The molecular weight excluding hydrogens is 206 g/mol. The Morgan fingerprint density at radius 2 is 2.33 bits per heavy atom. The Kier molecular flexibility index (Phi) is 1.92. The third-order valence-electron chi connectivity index (χ3n) is 3.12. The molecule has 2 heterocycles. The van der Waals surface area contributed by atoms with Crippen LogP contribution in [0.15, 0.2) is 6.33 Å². The fraction of sp³-hybridized carbons (Fsp3) is 0.455. The Hall–Kier alpha value is -1.16. The minimum absolute atomic E-state index is 0.645.